The number of aryl methyl sites for hydroxylation is 1. The Labute approximate surface area is 173 Å². The molecule has 7 heteroatoms. The monoisotopic (exact) mass is 405 g/mol. The molecule has 0 aliphatic heterocycles. The first-order chi connectivity index (χ1) is 14.5. The zero-order valence-electron chi connectivity index (χ0n) is 16.3. The number of ether oxygens (including phenoxy) is 1. The summed E-state index contributed by atoms with van der Waals surface area (Å²) in [7, 11) is 0. The van der Waals surface area contributed by atoms with E-state index in [2.05, 4.69) is 15.8 Å². The minimum Gasteiger partial charge on any atom is -0.484 e. The fraction of sp³-hybridized carbons (Fsp3) is 0.0870. The smallest absolute Gasteiger partial charge is 0.271 e. The van der Waals surface area contributed by atoms with Crippen molar-refractivity contribution in [2.75, 3.05) is 11.9 Å². The van der Waals surface area contributed by atoms with Crippen molar-refractivity contribution >= 4 is 23.7 Å². The molecule has 30 heavy (non-hydrogen) atoms. The van der Waals surface area contributed by atoms with Crippen LogP contribution in [0.3, 0.4) is 0 Å². The van der Waals surface area contributed by atoms with Crippen LogP contribution in [-0.4, -0.2) is 24.6 Å². The summed E-state index contributed by atoms with van der Waals surface area (Å²) in [6, 6.07) is 19.5. The van der Waals surface area contributed by atoms with Crippen molar-refractivity contribution in [3.63, 3.8) is 0 Å². The third-order valence-electron chi connectivity index (χ3n) is 4.07. The van der Waals surface area contributed by atoms with Gasteiger partial charge in [0.25, 0.3) is 11.8 Å². The molecule has 6 nitrogen and oxygen atoms in total. The van der Waals surface area contributed by atoms with Gasteiger partial charge in [0.2, 0.25) is 0 Å². The van der Waals surface area contributed by atoms with E-state index in [1.54, 1.807) is 36.4 Å². The molecule has 0 aliphatic carbocycles. The van der Waals surface area contributed by atoms with E-state index in [9.17, 15) is 14.0 Å². The van der Waals surface area contributed by atoms with E-state index < -0.39 is 0 Å². The van der Waals surface area contributed by atoms with Gasteiger partial charge in [-0.2, -0.15) is 5.10 Å². The van der Waals surface area contributed by atoms with Crippen LogP contribution in [-0.2, 0) is 4.79 Å². The molecule has 0 saturated carbocycles. The zero-order valence-corrected chi connectivity index (χ0v) is 16.3. The average Bonchev–Trinajstić information content (AvgIpc) is 2.75. The molecule has 0 atom stereocenters. The van der Waals surface area contributed by atoms with E-state index in [1.807, 2.05) is 19.1 Å². The molecule has 152 valence electrons. The maximum atomic E-state index is 12.9. The maximum absolute atomic E-state index is 12.9. The lowest BCUT2D eigenvalue weighted by molar-refractivity contribution is -0.118. The predicted molar refractivity (Wildman–Crippen MR) is 113 cm³/mol. The highest BCUT2D eigenvalue weighted by molar-refractivity contribution is 5.95. The highest BCUT2D eigenvalue weighted by Gasteiger charge is 2.05. The number of halogens is 1. The van der Waals surface area contributed by atoms with Crippen molar-refractivity contribution in [3.05, 3.63) is 95.3 Å². The van der Waals surface area contributed by atoms with Gasteiger partial charge in [0.15, 0.2) is 6.61 Å². The second kappa shape index (κ2) is 9.97. The van der Waals surface area contributed by atoms with Gasteiger partial charge in [0.05, 0.1) is 6.21 Å². The van der Waals surface area contributed by atoms with E-state index in [1.165, 1.54) is 30.5 Å². The Bertz CT molecular complexity index is 1030. The third kappa shape index (κ3) is 6.27. The van der Waals surface area contributed by atoms with Gasteiger partial charge in [0, 0.05) is 11.3 Å². The van der Waals surface area contributed by atoms with Crippen molar-refractivity contribution in [1.29, 1.82) is 0 Å². The van der Waals surface area contributed by atoms with E-state index in [0.29, 0.717) is 17.0 Å². The zero-order chi connectivity index (χ0) is 21.3. The van der Waals surface area contributed by atoms with Crippen LogP contribution < -0.4 is 15.5 Å². The molecule has 0 heterocycles. The summed E-state index contributed by atoms with van der Waals surface area (Å²) in [5.41, 5.74) is 5.32. The van der Waals surface area contributed by atoms with Crippen molar-refractivity contribution in [2.45, 2.75) is 6.92 Å². The Kier molecular flexibility index (Phi) is 6.89. The number of carbonyl (C=O) groups is 2. The van der Waals surface area contributed by atoms with Crippen molar-refractivity contribution in [1.82, 2.24) is 5.43 Å². The summed E-state index contributed by atoms with van der Waals surface area (Å²) in [6.45, 7) is 1.77. The van der Waals surface area contributed by atoms with Gasteiger partial charge in [-0.3, -0.25) is 9.59 Å². The van der Waals surface area contributed by atoms with Gasteiger partial charge in [-0.15, -0.1) is 0 Å². The standard InChI is InChI=1S/C23H20FN3O3/c1-16-2-6-18(7-3-16)23(29)27-25-14-17-4-12-21(13-5-17)30-15-22(28)26-20-10-8-19(24)9-11-20/h2-14H,15H2,1H3,(H,26,28)(H,27,29)/b25-14+. The Morgan fingerprint density at radius 1 is 0.967 bits per heavy atom. The normalized spacial score (nSPS) is 10.6. The Balaban J connectivity index is 1.45. The SMILES string of the molecule is Cc1ccc(C(=O)N/N=C/c2ccc(OCC(=O)Nc3ccc(F)cc3)cc2)cc1. The topological polar surface area (TPSA) is 79.8 Å². The number of hydrogen-bond acceptors (Lipinski definition) is 4. The molecule has 0 radical (unpaired) electrons. The largest absolute Gasteiger partial charge is 0.484 e. The molecule has 0 fully saturated rings. The van der Waals surface area contributed by atoms with Gasteiger partial charge in [-0.1, -0.05) is 17.7 Å². The first-order valence-corrected chi connectivity index (χ1v) is 9.18. The van der Waals surface area contributed by atoms with Gasteiger partial charge in [-0.25, -0.2) is 9.82 Å². The van der Waals surface area contributed by atoms with Crippen molar-refractivity contribution in [2.24, 2.45) is 5.10 Å². The number of amides is 2. The molecule has 0 unspecified atom stereocenters. The lowest BCUT2D eigenvalue weighted by Crippen LogP contribution is -2.20. The summed E-state index contributed by atoms with van der Waals surface area (Å²) in [6.07, 6.45) is 1.51. The number of nitrogens with zero attached hydrogens (tertiary/aromatic N) is 1. The summed E-state index contributed by atoms with van der Waals surface area (Å²) in [5, 5.41) is 6.55. The average molecular weight is 405 g/mol. The summed E-state index contributed by atoms with van der Waals surface area (Å²) < 4.78 is 18.3. The van der Waals surface area contributed by atoms with E-state index in [-0.39, 0.29) is 24.2 Å². The van der Waals surface area contributed by atoms with Gasteiger partial charge in [0.1, 0.15) is 11.6 Å². The number of hydrazone groups is 1. The molecule has 3 aromatic rings. The van der Waals surface area contributed by atoms with Crippen molar-refractivity contribution < 1.29 is 18.7 Å². The molecular formula is C23H20FN3O3. The molecule has 0 saturated heterocycles. The summed E-state index contributed by atoms with van der Waals surface area (Å²) in [5.74, 6) is -0.517. The predicted octanol–water partition coefficient (Wildman–Crippen LogP) is 3.92. The molecule has 3 rings (SSSR count). The molecule has 0 bridgehead atoms. The number of carbonyl (C=O) groups excluding carboxylic acids is 2. The van der Waals surface area contributed by atoms with Crippen LogP contribution in [0.1, 0.15) is 21.5 Å². The maximum Gasteiger partial charge on any atom is 0.271 e. The molecular weight excluding hydrogens is 385 g/mol. The van der Waals surface area contributed by atoms with Gasteiger partial charge >= 0.3 is 0 Å². The lowest BCUT2D eigenvalue weighted by atomic mass is 10.1. The van der Waals surface area contributed by atoms with Gasteiger partial charge < -0.3 is 10.1 Å². The Hall–Kier alpha value is -4.00. The van der Waals surface area contributed by atoms with Gasteiger partial charge in [-0.05, 0) is 73.2 Å². The molecule has 0 aromatic heterocycles. The van der Waals surface area contributed by atoms with Crippen LogP contribution in [0.4, 0.5) is 10.1 Å². The number of anilines is 1. The van der Waals surface area contributed by atoms with E-state index in [0.717, 1.165) is 11.1 Å². The lowest BCUT2D eigenvalue weighted by Gasteiger charge is -2.07. The van der Waals surface area contributed by atoms with Crippen LogP contribution in [0.15, 0.2) is 77.9 Å². The number of hydrogen-bond donors (Lipinski definition) is 2. The minimum absolute atomic E-state index is 0.183. The number of benzene rings is 3. The highest BCUT2D eigenvalue weighted by atomic mass is 19.1. The second-order valence-corrected chi connectivity index (χ2v) is 6.48. The quantitative estimate of drug-likeness (QED) is 0.462. The minimum atomic E-state index is -0.373. The van der Waals surface area contributed by atoms with Crippen LogP contribution in [0.2, 0.25) is 0 Å². The summed E-state index contributed by atoms with van der Waals surface area (Å²) >= 11 is 0. The van der Waals surface area contributed by atoms with Crippen LogP contribution >= 0.6 is 0 Å². The fourth-order valence-corrected chi connectivity index (χ4v) is 2.46. The highest BCUT2D eigenvalue weighted by Crippen LogP contribution is 2.12. The molecule has 3 aromatic carbocycles. The first-order valence-electron chi connectivity index (χ1n) is 9.18. The third-order valence-corrected chi connectivity index (χ3v) is 4.07. The molecule has 0 spiro atoms. The first kappa shape index (κ1) is 20.7. The van der Waals surface area contributed by atoms with Crippen LogP contribution in [0.25, 0.3) is 0 Å². The van der Waals surface area contributed by atoms with E-state index >= 15 is 0 Å². The molecule has 2 amide bonds. The van der Waals surface area contributed by atoms with Crippen molar-refractivity contribution in [3.8, 4) is 5.75 Å². The molecule has 2 N–H and O–H groups in total. The van der Waals surface area contributed by atoms with E-state index in [4.69, 9.17) is 4.74 Å². The Morgan fingerprint density at radius 3 is 2.30 bits per heavy atom. The number of rotatable bonds is 7. The fourth-order valence-electron chi connectivity index (χ4n) is 2.46. The second-order valence-electron chi connectivity index (χ2n) is 6.48. The number of nitrogens with one attached hydrogen (secondary N) is 2. The van der Waals surface area contributed by atoms with Crippen LogP contribution in [0, 0.1) is 12.7 Å². The molecule has 0 aliphatic rings. The Morgan fingerprint density at radius 2 is 1.63 bits per heavy atom. The van der Waals surface area contributed by atoms with Crippen LogP contribution in [0.5, 0.6) is 5.75 Å². The summed E-state index contributed by atoms with van der Waals surface area (Å²) in [4.78, 5) is 23.9.